The fourth-order valence-corrected chi connectivity index (χ4v) is 4.41. The maximum Gasteiger partial charge on any atom is 0.281 e. The number of H-pyrrole nitrogens is 1. The van der Waals surface area contributed by atoms with Crippen molar-refractivity contribution < 1.29 is 9.53 Å². The number of aromatic nitrogens is 3. The van der Waals surface area contributed by atoms with Gasteiger partial charge in [-0.05, 0) is 31.3 Å². The number of methoxy groups -OCH3 is 1. The number of halogens is 1. The maximum atomic E-state index is 13.0. The molecule has 0 aliphatic heterocycles. The largest absolute Gasteiger partial charge is 0.383 e. The molecule has 0 spiro atoms. The fraction of sp³-hybridized carbons (Fsp3) is 0.227. The number of nitrogens with zero attached hydrogens (tertiary/aromatic N) is 4. The number of para-hydroxylation sites is 1. The van der Waals surface area contributed by atoms with Crippen LogP contribution in [-0.2, 0) is 11.3 Å². The second-order valence-electron chi connectivity index (χ2n) is 7.05. The third kappa shape index (κ3) is 4.62. The number of amides is 1. The number of hydrogen-bond acceptors (Lipinski definition) is 5. The van der Waals surface area contributed by atoms with Gasteiger partial charge in [0.1, 0.15) is 5.65 Å². The number of pyridine rings is 1. The SMILES string of the molecule is COCCN(C)Cc1csc(=NC(=O)c2c[nH]c3ncccc23)n1-c1ccccc1Cl. The standard InChI is InChI=1S/C22H22ClN5O2S/c1-27(10-11-30-2)13-15-14-31-22(28(15)19-8-4-3-7-18(19)23)26-21(29)17-12-25-20-16(17)6-5-9-24-20/h3-9,12,14H,10-11,13H2,1-2H3,(H,24,25). The van der Waals surface area contributed by atoms with Gasteiger partial charge in [-0.2, -0.15) is 4.99 Å². The van der Waals surface area contributed by atoms with Gasteiger partial charge in [0.2, 0.25) is 0 Å². The van der Waals surface area contributed by atoms with Crippen molar-refractivity contribution in [3.8, 4) is 5.69 Å². The molecule has 9 heteroatoms. The van der Waals surface area contributed by atoms with E-state index in [0.717, 1.165) is 23.3 Å². The molecule has 7 nitrogen and oxygen atoms in total. The van der Waals surface area contributed by atoms with Crippen LogP contribution < -0.4 is 4.80 Å². The van der Waals surface area contributed by atoms with Gasteiger partial charge >= 0.3 is 0 Å². The molecule has 0 atom stereocenters. The smallest absolute Gasteiger partial charge is 0.281 e. The minimum atomic E-state index is -0.332. The summed E-state index contributed by atoms with van der Waals surface area (Å²) in [5.41, 5.74) is 2.92. The van der Waals surface area contributed by atoms with Gasteiger partial charge in [-0.15, -0.1) is 11.3 Å². The molecular formula is C22H22ClN5O2S. The molecule has 4 aromatic rings. The molecule has 0 aliphatic carbocycles. The summed E-state index contributed by atoms with van der Waals surface area (Å²) in [4.78, 5) is 27.5. The van der Waals surface area contributed by atoms with Crippen LogP contribution in [0.5, 0.6) is 0 Å². The first-order valence-electron chi connectivity index (χ1n) is 9.71. The van der Waals surface area contributed by atoms with E-state index in [1.807, 2.05) is 47.3 Å². The molecule has 0 unspecified atom stereocenters. The van der Waals surface area contributed by atoms with Crippen molar-refractivity contribution in [2.24, 2.45) is 4.99 Å². The number of ether oxygens (including phenoxy) is 1. The highest BCUT2D eigenvalue weighted by atomic mass is 35.5. The van der Waals surface area contributed by atoms with Crippen molar-refractivity contribution in [3.63, 3.8) is 0 Å². The van der Waals surface area contributed by atoms with Gasteiger partial charge in [0.05, 0.1) is 22.9 Å². The molecule has 3 heterocycles. The average molecular weight is 456 g/mol. The van der Waals surface area contributed by atoms with Gasteiger partial charge in [-0.25, -0.2) is 4.98 Å². The average Bonchev–Trinajstić information content (AvgIpc) is 3.37. The summed E-state index contributed by atoms with van der Waals surface area (Å²) >= 11 is 7.91. The summed E-state index contributed by atoms with van der Waals surface area (Å²) in [6.07, 6.45) is 3.33. The number of carbonyl (C=O) groups is 1. The number of thiazole rings is 1. The van der Waals surface area contributed by atoms with E-state index in [0.29, 0.717) is 34.2 Å². The molecule has 1 aromatic carbocycles. The van der Waals surface area contributed by atoms with Gasteiger partial charge in [-0.1, -0.05) is 23.7 Å². The normalized spacial score (nSPS) is 12.2. The van der Waals surface area contributed by atoms with Crippen molar-refractivity contribution in [2.45, 2.75) is 6.54 Å². The van der Waals surface area contributed by atoms with E-state index >= 15 is 0 Å². The molecule has 0 aliphatic rings. The maximum absolute atomic E-state index is 13.0. The van der Waals surface area contributed by atoms with Gasteiger partial charge in [0.15, 0.2) is 4.80 Å². The predicted octanol–water partition coefficient (Wildman–Crippen LogP) is 3.89. The lowest BCUT2D eigenvalue weighted by molar-refractivity contribution is 0.0999. The highest BCUT2D eigenvalue weighted by molar-refractivity contribution is 7.07. The highest BCUT2D eigenvalue weighted by Gasteiger charge is 2.16. The quantitative estimate of drug-likeness (QED) is 0.458. The van der Waals surface area contributed by atoms with Crippen LogP contribution in [0.1, 0.15) is 16.1 Å². The molecule has 1 amide bonds. The van der Waals surface area contributed by atoms with Crippen LogP contribution in [0.15, 0.2) is 59.2 Å². The number of nitrogens with one attached hydrogen (secondary N) is 1. The molecule has 0 radical (unpaired) electrons. The van der Waals surface area contributed by atoms with Crippen LogP contribution in [0.3, 0.4) is 0 Å². The number of fused-ring (bicyclic) bond motifs is 1. The first-order valence-corrected chi connectivity index (χ1v) is 11.0. The molecule has 0 bridgehead atoms. The lowest BCUT2D eigenvalue weighted by atomic mass is 10.2. The zero-order valence-electron chi connectivity index (χ0n) is 17.2. The Labute approximate surface area is 188 Å². The Balaban J connectivity index is 1.78. The van der Waals surface area contributed by atoms with Gasteiger partial charge < -0.3 is 9.72 Å². The zero-order chi connectivity index (χ0) is 21.8. The summed E-state index contributed by atoms with van der Waals surface area (Å²) in [5.74, 6) is -0.332. The molecule has 0 saturated carbocycles. The van der Waals surface area contributed by atoms with Crippen LogP contribution in [0, 0.1) is 0 Å². The first kappa shape index (κ1) is 21.5. The van der Waals surface area contributed by atoms with Crippen LogP contribution in [-0.4, -0.2) is 52.7 Å². The Kier molecular flexibility index (Phi) is 6.62. The Morgan fingerprint density at radius 2 is 2.16 bits per heavy atom. The molecule has 31 heavy (non-hydrogen) atoms. The number of carbonyl (C=O) groups excluding carboxylic acids is 1. The van der Waals surface area contributed by atoms with E-state index in [4.69, 9.17) is 16.3 Å². The molecular weight excluding hydrogens is 434 g/mol. The topological polar surface area (TPSA) is 75.5 Å². The molecule has 160 valence electrons. The van der Waals surface area contributed by atoms with Crippen molar-refractivity contribution in [1.29, 1.82) is 0 Å². The van der Waals surface area contributed by atoms with E-state index in [9.17, 15) is 4.79 Å². The van der Waals surface area contributed by atoms with Gasteiger partial charge in [0, 0.05) is 49.1 Å². The van der Waals surface area contributed by atoms with Gasteiger partial charge in [-0.3, -0.25) is 14.3 Å². The third-order valence-electron chi connectivity index (χ3n) is 4.86. The number of likely N-dealkylation sites (N-methyl/N-ethyl adjacent to an activating group) is 1. The molecule has 4 rings (SSSR count). The van der Waals surface area contributed by atoms with Crippen LogP contribution >= 0.6 is 22.9 Å². The second kappa shape index (κ2) is 9.57. The van der Waals surface area contributed by atoms with E-state index in [1.54, 1.807) is 25.6 Å². The predicted molar refractivity (Wildman–Crippen MR) is 123 cm³/mol. The number of benzene rings is 1. The van der Waals surface area contributed by atoms with Crippen LogP contribution in [0.4, 0.5) is 0 Å². The summed E-state index contributed by atoms with van der Waals surface area (Å²) in [6.45, 7) is 2.07. The van der Waals surface area contributed by atoms with Crippen molar-refractivity contribution in [2.75, 3.05) is 27.3 Å². The van der Waals surface area contributed by atoms with Crippen molar-refractivity contribution in [3.05, 3.63) is 75.3 Å². The van der Waals surface area contributed by atoms with Gasteiger partial charge in [0.25, 0.3) is 5.91 Å². The lowest BCUT2D eigenvalue weighted by Crippen LogP contribution is -2.26. The third-order valence-corrected chi connectivity index (χ3v) is 6.05. The monoisotopic (exact) mass is 455 g/mol. The molecule has 0 saturated heterocycles. The Hall–Kier alpha value is -2.78. The summed E-state index contributed by atoms with van der Waals surface area (Å²) in [7, 11) is 3.71. The Morgan fingerprint density at radius 3 is 2.97 bits per heavy atom. The van der Waals surface area contributed by atoms with E-state index in [-0.39, 0.29) is 5.91 Å². The first-order chi connectivity index (χ1) is 15.1. The van der Waals surface area contributed by atoms with E-state index in [1.165, 1.54) is 11.3 Å². The lowest BCUT2D eigenvalue weighted by Gasteiger charge is -2.18. The highest BCUT2D eigenvalue weighted by Crippen LogP contribution is 2.22. The summed E-state index contributed by atoms with van der Waals surface area (Å²) < 4.78 is 7.13. The zero-order valence-corrected chi connectivity index (χ0v) is 18.8. The van der Waals surface area contributed by atoms with E-state index in [2.05, 4.69) is 19.9 Å². The number of aromatic amines is 1. The summed E-state index contributed by atoms with van der Waals surface area (Å²) in [5, 5.41) is 3.35. The van der Waals surface area contributed by atoms with E-state index < -0.39 is 0 Å². The Morgan fingerprint density at radius 1 is 1.32 bits per heavy atom. The molecule has 0 fully saturated rings. The van der Waals surface area contributed by atoms with Crippen molar-refractivity contribution in [1.82, 2.24) is 19.4 Å². The fourth-order valence-electron chi connectivity index (χ4n) is 3.31. The van der Waals surface area contributed by atoms with Crippen molar-refractivity contribution >= 4 is 39.9 Å². The Bertz CT molecular complexity index is 1280. The van der Waals surface area contributed by atoms with Crippen LogP contribution in [0.25, 0.3) is 16.7 Å². The minimum absolute atomic E-state index is 0.332. The number of rotatable bonds is 7. The minimum Gasteiger partial charge on any atom is -0.383 e. The molecule has 3 aromatic heterocycles. The summed E-state index contributed by atoms with van der Waals surface area (Å²) in [6, 6.07) is 11.2. The number of hydrogen-bond donors (Lipinski definition) is 1. The second-order valence-corrected chi connectivity index (χ2v) is 8.29. The molecule has 1 N–H and O–H groups in total. The van der Waals surface area contributed by atoms with Crippen LogP contribution in [0.2, 0.25) is 5.02 Å².